The summed E-state index contributed by atoms with van der Waals surface area (Å²) in [4.78, 5) is 4.06. The van der Waals surface area contributed by atoms with Crippen molar-refractivity contribution < 1.29 is 18.3 Å². The van der Waals surface area contributed by atoms with E-state index in [1.54, 1.807) is 4.57 Å². The highest BCUT2D eigenvalue weighted by Gasteiger charge is 3.14. The number of fused-ring (bicyclic) bond motifs is 2. The Morgan fingerprint density at radius 3 is 2.39 bits per heavy atom. The van der Waals surface area contributed by atoms with Crippen molar-refractivity contribution in [2.75, 3.05) is 6.61 Å². The number of aliphatic hydroxyl groups excluding tert-OH is 1. The number of alkyl halides is 3. The van der Waals surface area contributed by atoms with Crippen molar-refractivity contribution in [1.82, 2.24) is 9.55 Å². The van der Waals surface area contributed by atoms with Crippen LogP contribution in [0.15, 0.2) is 6.20 Å². The highest BCUT2D eigenvalue weighted by molar-refractivity contribution is 5.63. The fraction of sp³-hybridized carbons (Fsp3) is 0.824. The summed E-state index contributed by atoms with van der Waals surface area (Å²) in [6, 6.07) is -0.0463. The second-order valence-electron chi connectivity index (χ2n) is 8.58. The summed E-state index contributed by atoms with van der Waals surface area (Å²) >= 11 is 0. The van der Waals surface area contributed by atoms with E-state index in [1.807, 2.05) is 13.8 Å². The normalized spacial score (nSPS) is 51.7. The van der Waals surface area contributed by atoms with Gasteiger partial charge in [-0.15, -0.1) is 0 Å². The van der Waals surface area contributed by atoms with Gasteiger partial charge in [-0.3, -0.25) is 0 Å². The molecule has 0 saturated heterocycles. The Morgan fingerprint density at radius 1 is 1.30 bits per heavy atom. The summed E-state index contributed by atoms with van der Waals surface area (Å²) in [5.41, 5.74) is -0.695. The molecule has 7 atom stereocenters. The highest BCUT2D eigenvalue weighted by atomic mass is 19.4. The van der Waals surface area contributed by atoms with Crippen molar-refractivity contribution >= 4 is 0 Å². The van der Waals surface area contributed by atoms with Gasteiger partial charge in [0.25, 0.3) is 0 Å². The summed E-state index contributed by atoms with van der Waals surface area (Å²) in [7, 11) is 0. The van der Waals surface area contributed by atoms with Crippen LogP contribution in [0.2, 0.25) is 0 Å². The van der Waals surface area contributed by atoms with Crippen LogP contribution in [-0.4, -0.2) is 21.3 Å². The van der Waals surface area contributed by atoms with E-state index >= 15 is 0 Å². The Bertz CT molecular complexity index is 737. The van der Waals surface area contributed by atoms with Crippen LogP contribution in [0.5, 0.6) is 0 Å². The third kappa shape index (κ3) is 1.04. The first-order valence-corrected chi connectivity index (χ1v) is 8.38. The zero-order valence-corrected chi connectivity index (χ0v) is 13.6. The topological polar surface area (TPSA) is 38.0 Å². The molecule has 1 N–H and O–H groups in total. The highest BCUT2D eigenvalue weighted by Crippen LogP contribution is 3.14. The molecule has 0 aromatic carbocycles. The lowest BCUT2D eigenvalue weighted by atomic mass is 9.34. The number of aromatic nitrogens is 2. The molecule has 1 spiro atoms. The molecule has 126 valence electrons. The molecule has 1 heterocycles. The van der Waals surface area contributed by atoms with E-state index in [2.05, 4.69) is 18.8 Å². The summed E-state index contributed by atoms with van der Waals surface area (Å²) in [6.45, 7) is 8.28. The van der Waals surface area contributed by atoms with Crippen LogP contribution in [0.4, 0.5) is 13.2 Å². The van der Waals surface area contributed by atoms with Crippen molar-refractivity contribution in [3.8, 4) is 0 Å². The lowest BCUT2D eigenvalue weighted by Gasteiger charge is -2.69. The van der Waals surface area contributed by atoms with Crippen LogP contribution in [0.1, 0.15) is 45.3 Å². The van der Waals surface area contributed by atoms with Gasteiger partial charge < -0.3 is 9.67 Å². The van der Waals surface area contributed by atoms with Crippen LogP contribution in [0.3, 0.4) is 0 Å². The molecule has 0 radical (unpaired) electrons. The standard InChI is InChI=1S/C17H21F3N2O/c1-7(2)22-5-9(17(18,19)20)21-13(22)14(4)10-8(3)15(6-23)12-11(14)16(10,12)15/h5,7-8,10-12,23H,6H2,1-4H3. The molecule has 23 heavy (non-hydrogen) atoms. The van der Waals surface area contributed by atoms with E-state index in [0.29, 0.717) is 29.5 Å². The van der Waals surface area contributed by atoms with E-state index < -0.39 is 11.9 Å². The van der Waals surface area contributed by atoms with Crippen molar-refractivity contribution in [2.45, 2.75) is 45.3 Å². The van der Waals surface area contributed by atoms with Crippen LogP contribution in [-0.2, 0) is 11.6 Å². The maximum Gasteiger partial charge on any atom is 0.434 e. The Kier molecular flexibility index (Phi) is 2.08. The van der Waals surface area contributed by atoms with Gasteiger partial charge in [-0.2, -0.15) is 13.2 Å². The van der Waals surface area contributed by atoms with Gasteiger partial charge in [-0.05, 0) is 42.9 Å². The average Bonchev–Trinajstić information content (AvgIpc) is 3.12. The first-order chi connectivity index (χ1) is 10.6. The van der Waals surface area contributed by atoms with Crippen LogP contribution in [0.25, 0.3) is 0 Å². The molecule has 4 aliphatic carbocycles. The zero-order valence-electron chi connectivity index (χ0n) is 13.6. The van der Waals surface area contributed by atoms with Crippen LogP contribution >= 0.6 is 0 Å². The largest absolute Gasteiger partial charge is 0.434 e. The predicted octanol–water partition coefficient (Wildman–Crippen LogP) is 3.24. The van der Waals surface area contributed by atoms with Crippen LogP contribution < -0.4 is 0 Å². The first kappa shape index (κ1) is 14.3. The molecular formula is C17H21F3N2O. The number of halogens is 3. The van der Waals surface area contributed by atoms with E-state index in [-0.39, 0.29) is 28.9 Å². The van der Waals surface area contributed by atoms with Crippen molar-refractivity contribution in [3.05, 3.63) is 17.7 Å². The van der Waals surface area contributed by atoms with Gasteiger partial charge in [0.15, 0.2) is 5.69 Å². The van der Waals surface area contributed by atoms with Crippen molar-refractivity contribution in [3.63, 3.8) is 0 Å². The third-order valence-electron chi connectivity index (χ3n) is 7.97. The summed E-state index contributed by atoms with van der Waals surface area (Å²) in [5.74, 6) is 2.28. The minimum absolute atomic E-state index is 0.0463. The van der Waals surface area contributed by atoms with Gasteiger partial charge in [0, 0.05) is 29.7 Å². The fourth-order valence-electron chi connectivity index (χ4n) is 7.44. The SMILES string of the molecule is CC(C)n1cc(C(F)(F)F)nc1C1(C)C2C(C)C3(CO)C4C1C243. The molecule has 0 bridgehead atoms. The maximum atomic E-state index is 13.1. The molecule has 7 unspecified atom stereocenters. The minimum atomic E-state index is -4.40. The molecule has 3 nitrogen and oxygen atoms in total. The number of nitrogens with zero attached hydrogens (tertiary/aromatic N) is 2. The second-order valence-corrected chi connectivity index (χ2v) is 8.58. The quantitative estimate of drug-likeness (QED) is 0.926. The molecule has 0 amide bonds. The zero-order chi connectivity index (χ0) is 16.7. The summed E-state index contributed by atoms with van der Waals surface area (Å²) < 4.78 is 41.1. The fourth-order valence-corrected chi connectivity index (χ4v) is 7.44. The third-order valence-corrected chi connectivity index (χ3v) is 7.97. The number of hydrogen-bond acceptors (Lipinski definition) is 2. The number of hydrogen-bond donors (Lipinski definition) is 1. The summed E-state index contributed by atoms with van der Waals surface area (Å²) in [5, 5.41) is 9.72. The van der Waals surface area contributed by atoms with Gasteiger partial charge in [0.05, 0.1) is 0 Å². The maximum absolute atomic E-state index is 13.1. The van der Waals surface area contributed by atoms with E-state index in [0.717, 1.165) is 0 Å². The van der Waals surface area contributed by atoms with Gasteiger partial charge in [-0.1, -0.05) is 13.8 Å². The van der Waals surface area contributed by atoms with Gasteiger partial charge in [0.2, 0.25) is 0 Å². The molecule has 4 fully saturated rings. The Hall–Kier alpha value is -1.04. The Labute approximate surface area is 132 Å². The van der Waals surface area contributed by atoms with Gasteiger partial charge in [-0.25, -0.2) is 4.98 Å². The van der Waals surface area contributed by atoms with E-state index in [1.165, 1.54) is 6.20 Å². The molecule has 1 aromatic rings. The Balaban J connectivity index is 1.59. The molecule has 4 aliphatic rings. The average molecular weight is 326 g/mol. The van der Waals surface area contributed by atoms with Gasteiger partial charge in [0.1, 0.15) is 5.82 Å². The minimum Gasteiger partial charge on any atom is -0.396 e. The van der Waals surface area contributed by atoms with Crippen molar-refractivity contribution in [2.24, 2.45) is 34.5 Å². The molecule has 1 aromatic heterocycles. The molecule has 5 rings (SSSR count). The van der Waals surface area contributed by atoms with Gasteiger partial charge >= 0.3 is 6.18 Å². The molecular weight excluding hydrogens is 305 g/mol. The first-order valence-electron chi connectivity index (χ1n) is 8.38. The number of aliphatic hydroxyl groups is 1. The number of imidazole rings is 1. The smallest absolute Gasteiger partial charge is 0.396 e. The second kappa shape index (κ2) is 3.35. The lowest BCUT2D eigenvalue weighted by molar-refractivity contribution is -0.216. The monoisotopic (exact) mass is 326 g/mol. The molecule has 6 heteroatoms. The molecule has 0 aliphatic heterocycles. The number of rotatable bonds is 3. The van der Waals surface area contributed by atoms with E-state index in [9.17, 15) is 18.3 Å². The predicted molar refractivity (Wildman–Crippen MR) is 76.6 cm³/mol. The Morgan fingerprint density at radius 2 is 1.96 bits per heavy atom. The van der Waals surface area contributed by atoms with E-state index in [4.69, 9.17) is 0 Å². The summed E-state index contributed by atoms with van der Waals surface area (Å²) in [6.07, 6.45) is -3.23. The lowest BCUT2D eigenvalue weighted by Crippen LogP contribution is -2.70. The van der Waals surface area contributed by atoms with Crippen LogP contribution in [0, 0.1) is 34.5 Å². The van der Waals surface area contributed by atoms with Crippen molar-refractivity contribution in [1.29, 1.82) is 0 Å². The molecule has 4 saturated carbocycles.